The van der Waals surface area contributed by atoms with Gasteiger partial charge >= 0.3 is 6.03 Å². The van der Waals surface area contributed by atoms with E-state index in [-0.39, 0.29) is 18.0 Å². The van der Waals surface area contributed by atoms with E-state index in [9.17, 15) is 14.0 Å². The van der Waals surface area contributed by atoms with E-state index in [0.717, 1.165) is 11.0 Å². The van der Waals surface area contributed by atoms with Crippen LogP contribution in [-0.2, 0) is 9.53 Å². The number of nitrogens with one attached hydrogen (secondary N) is 1. The van der Waals surface area contributed by atoms with Gasteiger partial charge in [0.2, 0.25) is 0 Å². The van der Waals surface area contributed by atoms with Crippen molar-refractivity contribution in [3.8, 4) is 5.75 Å². The lowest BCUT2D eigenvalue weighted by Crippen LogP contribution is -2.50. The minimum Gasteiger partial charge on any atom is -0.497 e. The predicted octanol–water partition coefficient (Wildman–Crippen LogP) is 1.69. The number of anilines is 1. The number of nitrogens with zero attached hydrogens (tertiary/aromatic N) is 1. The monoisotopic (exact) mass is 296 g/mol. The number of halogens is 1. The molecule has 3 amide bonds. The quantitative estimate of drug-likeness (QED) is 0.840. The fourth-order valence-electron chi connectivity index (χ4n) is 2.34. The second kappa shape index (κ2) is 5.69. The summed E-state index contributed by atoms with van der Waals surface area (Å²) in [6, 6.07) is 3.11. The predicted molar refractivity (Wildman–Crippen MR) is 73.9 cm³/mol. The van der Waals surface area contributed by atoms with Crippen molar-refractivity contribution in [1.29, 1.82) is 0 Å². The number of amides is 3. The second-order valence-electron chi connectivity index (χ2n) is 4.79. The Morgan fingerprint density at radius 1 is 1.29 bits per heavy atom. The lowest BCUT2D eigenvalue weighted by molar-refractivity contribution is -0.124. The Morgan fingerprint density at radius 2 is 2.00 bits per heavy atom. The van der Waals surface area contributed by atoms with Crippen molar-refractivity contribution < 1.29 is 23.5 Å². The van der Waals surface area contributed by atoms with E-state index in [0.29, 0.717) is 6.42 Å². The van der Waals surface area contributed by atoms with Crippen LogP contribution < -0.4 is 15.0 Å². The summed E-state index contributed by atoms with van der Waals surface area (Å²) >= 11 is 0. The molecule has 7 heteroatoms. The normalized spacial score (nSPS) is 21.6. The summed E-state index contributed by atoms with van der Waals surface area (Å²) in [5, 5.41) is 2.62. The summed E-state index contributed by atoms with van der Waals surface area (Å²) in [4.78, 5) is 25.6. The summed E-state index contributed by atoms with van der Waals surface area (Å²) in [6.07, 6.45) is 0.369. The molecule has 0 aromatic heterocycles. The van der Waals surface area contributed by atoms with Crippen molar-refractivity contribution in [2.45, 2.75) is 18.9 Å². The van der Waals surface area contributed by atoms with Crippen LogP contribution in [0.3, 0.4) is 0 Å². The zero-order valence-electron chi connectivity index (χ0n) is 12.1. The third-order valence-electron chi connectivity index (χ3n) is 3.51. The number of ether oxygens (including phenoxy) is 2. The van der Waals surface area contributed by atoms with E-state index in [1.807, 2.05) is 0 Å². The SMILES string of the molecule is CCC1(COC)NC(=O)N(c2cc(F)cc(OC)c2)C1=O. The van der Waals surface area contributed by atoms with Crippen LogP contribution in [0, 0.1) is 5.82 Å². The van der Waals surface area contributed by atoms with Gasteiger partial charge in [0, 0.05) is 19.2 Å². The van der Waals surface area contributed by atoms with Crippen molar-refractivity contribution in [2.24, 2.45) is 0 Å². The molecule has 0 bridgehead atoms. The topological polar surface area (TPSA) is 67.9 Å². The van der Waals surface area contributed by atoms with Crippen molar-refractivity contribution in [2.75, 3.05) is 25.7 Å². The zero-order chi connectivity index (χ0) is 15.6. The Morgan fingerprint density at radius 3 is 2.57 bits per heavy atom. The van der Waals surface area contributed by atoms with E-state index < -0.39 is 23.3 Å². The number of carbonyl (C=O) groups excluding carboxylic acids is 2. The molecule has 1 atom stereocenters. The maximum atomic E-state index is 13.6. The van der Waals surface area contributed by atoms with Gasteiger partial charge in [-0.2, -0.15) is 0 Å². The van der Waals surface area contributed by atoms with Crippen molar-refractivity contribution >= 4 is 17.6 Å². The summed E-state index contributed by atoms with van der Waals surface area (Å²) in [5.41, 5.74) is -0.994. The molecule has 1 aliphatic rings. The number of hydrogen-bond acceptors (Lipinski definition) is 4. The molecule has 1 fully saturated rings. The van der Waals surface area contributed by atoms with Crippen LogP contribution >= 0.6 is 0 Å². The molecule has 6 nitrogen and oxygen atoms in total. The molecule has 2 rings (SSSR count). The highest BCUT2D eigenvalue weighted by molar-refractivity contribution is 6.23. The number of urea groups is 1. The molecule has 1 heterocycles. The van der Waals surface area contributed by atoms with Crippen LogP contribution in [0.2, 0.25) is 0 Å². The summed E-state index contributed by atoms with van der Waals surface area (Å²) in [5.74, 6) is -0.832. The lowest BCUT2D eigenvalue weighted by atomic mass is 9.97. The molecular formula is C14H17FN2O4. The Bertz CT molecular complexity index is 578. The molecule has 21 heavy (non-hydrogen) atoms. The first-order chi connectivity index (χ1) is 9.97. The number of methoxy groups -OCH3 is 2. The van der Waals surface area contributed by atoms with Gasteiger partial charge in [-0.25, -0.2) is 14.1 Å². The first-order valence-electron chi connectivity index (χ1n) is 6.47. The number of benzene rings is 1. The fraction of sp³-hybridized carbons (Fsp3) is 0.429. The number of rotatable bonds is 5. The molecule has 0 radical (unpaired) electrons. The van der Waals surface area contributed by atoms with Crippen molar-refractivity contribution in [1.82, 2.24) is 5.32 Å². The molecule has 0 aliphatic carbocycles. The molecule has 1 aromatic carbocycles. The van der Waals surface area contributed by atoms with Crippen LogP contribution in [0.25, 0.3) is 0 Å². The van der Waals surface area contributed by atoms with Gasteiger partial charge in [-0.1, -0.05) is 6.92 Å². The number of carbonyl (C=O) groups is 2. The summed E-state index contributed by atoms with van der Waals surface area (Å²) < 4.78 is 23.6. The second-order valence-corrected chi connectivity index (χ2v) is 4.79. The van der Waals surface area contributed by atoms with Crippen molar-refractivity contribution in [3.05, 3.63) is 24.0 Å². The van der Waals surface area contributed by atoms with Gasteiger partial charge in [0.15, 0.2) is 0 Å². The fourth-order valence-corrected chi connectivity index (χ4v) is 2.34. The third kappa shape index (κ3) is 2.56. The van der Waals surface area contributed by atoms with Gasteiger partial charge in [-0.3, -0.25) is 4.79 Å². The Labute approximate surface area is 121 Å². The van der Waals surface area contributed by atoms with Gasteiger partial charge in [-0.15, -0.1) is 0 Å². The highest BCUT2D eigenvalue weighted by Gasteiger charge is 2.50. The van der Waals surface area contributed by atoms with Gasteiger partial charge in [0.1, 0.15) is 17.1 Å². The maximum Gasteiger partial charge on any atom is 0.329 e. The van der Waals surface area contributed by atoms with Crippen LogP contribution in [0.1, 0.15) is 13.3 Å². The van der Waals surface area contributed by atoms with E-state index in [1.165, 1.54) is 26.4 Å². The maximum absolute atomic E-state index is 13.6. The van der Waals surface area contributed by atoms with Gasteiger partial charge < -0.3 is 14.8 Å². The third-order valence-corrected chi connectivity index (χ3v) is 3.51. The molecular weight excluding hydrogens is 279 g/mol. The first kappa shape index (κ1) is 15.2. The molecule has 1 unspecified atom stereocenters. The lowest BCUT2D eigenvalue weighted by Gasteiger charge is -2.24. The van der Waals surface area contributed by atoms with Crippen LogP contribution in [0.4, 0.5) is 14.9 Å². The summed E-state index contributed by atoms with van der Waals surface area (Å²) in [6.45, 7) is 1.82. The average molecular weight is 296 g/mol. The molecule has 0 spiro atoms. The van der Waals surface area contributed by atoms with Crippen LogP contribution in [-0.4, -0.2) is 38.3 Å². The largest absolute Gasteiger partial charge is 0.497 e. The van der Waals surface area contributed by atoms with Crippen LogP contribution in [0.15, 0.2) is 18.2 Å². The summed E-state index contributed by atoms with van der Waals surface area (Å²) in [7, 11) is 2.83. The van der Waals surface area contributed by atoms with E-state index in [4.69, 9.17) is 9.47 Å². The minimum absolute atomic E-state index is 0.0526. The molecule has 0 saturated carbocycles. The number of imide groups is 1. The van der Waals surface area contributed by atoms with Gasteiger partial charge in [0.25, 0.3) is 5.91 Å². The standard InChI is InChI=1S/C14H17FN2O4/c1-4-14(8-20-2)12(18)17(13(19)16-14)10-5-9(15)6-11(7-10)21-3/h5-7H,4,8H2,1-3H3,(H,16,19). The van der Waals surface area contributed by atoms with Crippen molar-refractivity contribution in [3.63, 3.8) is 0 Å². The van der Waals surface area contributed by atoms with Crippen LogP contribution in [0.5, 0.6) is 5.75 Å². The smallest absolute Gasteiger partial charge is 0.329 e. The first-order valence-corrected chi connectivity index (χ1v) is 6.47. The van der Waals surface area contributed by atoms with E-state index >= 15 is 0 Å². The van der Waals surface area contributed by atoms with E-state index in [2.05, 4.69) is 5.32 Å². The Balaban J connectivity index is 2.43. The van der Waals surface area contributed by atoms with E-state index in [1.54, 1.807) is 6.92 Å². The molecule has 1 saturated heterocycles. The molecule has 1 N–H and O–H groups in total. The zero-order valence-corrected chi connectivity index (χ0v) is 12.1. The molecule has 114 valence electrons. The highest BCUT2D eigenvalue weighted by atomic mass is 19.1. The van der Waals surface area contributed by atoms with Gasteiger partial charge in [0.05, 0.1) is 19.4 Å². The molecule has 1 aliphatic heterocycles. The number of hydrogen-bond donors (Lipinski definition) is 1. The van der Waals surface area contributed by atoms with Gasteiger partial charge in [-0.05, 0) is 12.5 Å². The highest BCUT2D eigenvalue weighted by Crippen LogP contribution is 2.30. The average Bonchev–Trinajstić information content (AvgIpc) is 2.70. The molecule has 1 aromatic rings. The minimum atomic E-state index is -1.12. The Hall–Kier alpha value is -2.15. The Kier molecular flexibility index (Phi) is 4.13.